The molecule has 2 aliphatic carbocycles. The molecule has 3 aliphatic rings. The number of hydrogen-bond acceptors (Lipinski definition) is 5. The molecule has 5 nitrogen and oxygen atoms in total. The van der Waals surface area contributed by atoms with Crippen LogP contribution in [0.25, 0.3) is 11.3 Å². The van der Waals surface area contributed by atoms with E-state index in [-0.39, 0.29) is 17.6 Å². The highest BCUT2D eigenvalue weighted by Crippen LogP contribution is 2.63. The van der Waals surface area contributed by atoms with Crippen LogP contribution in [0.4, 0.5) is 5.82 Å². The first kappa shape index (κ1) is 20.5. The molecular weight excluding hydrogens is 419 g/mol. The molecule has 0 spiro atoms. The fraction of sp³-hybridized carbons (Fsp3) is 0.565. The molecule has 0 amide bonds. The summed E-state index contributed by atoms with van der Waals surface area (Å²) >= 11 is 12.6. The van der Waals surface area contributed by atoms with Gasteiger partial charge in [0.2, 0.25) is 0 Å². The van der Waals surface area contributed by atoms with Crippen molar-refractivity contribution < 1.29 is 5.11 Å². The first-order chi connectivity index (χ1) is 14.3. The summed E-state index contributed by atoms with van der Waals surface area (Å²) < 4.78 is 0. The summed E-state index contributed by atoms with van der Waals surface area (Å²) in [7, 11) is 0. The molecule has 3 N–H and O–H groups in total. The Balaban J connectivity index is 1.51. The summed E-state index contributed by atoms with van der Waals surface area (Å²) in [5.74, 6) is 1.90. The van der Waals surface area contributed by atoms with E-state index >= 15 is 0 Å². The quantitative estimate of drug-likeness (QED) is 0.717. The van der Waals surface area contributed by atoms with E-state index in [1.807, 2.05) is 19.1 Å². The molecule has 1 saturated heterocycles. The number of fused-ring (bicyclic) bond motifs is 2. The van der Waals surface area contributed by atoms with Gasteiger partial charge in [0, 0.05) is 24.2 Å². The maximum Gasteiger partial charge on any atom is 0.153 e. The molecule has 30 heavy (non-hydrogen) atoms. The highest BCUT2D eigenvalue weighted by molar-refractivity contribution is 6.43. The van der Waals surface area contributed by atoms with E-state index in [9.17, 15) is 5.11 Å². The van der Waals surface area contributed by atoms with Gasteiger partial charge in [-0.05, 0) is 55.9 Å². The largest absolute Gasteiger partial charge is 0.390 e. The molecule has 1 aromatic carbocycles. The molecule has 2 saturated carbocycles. The van der Waals surface area contributed by atoms with E-state index in [2.05, 4.69) is 11.8 Å². The first-order valence-electron chi connectivity index (χ1n) is 10.7. The number of nitrogens with two attached hydrogens (primary N) is 1. The van der Waals surface area contributed by atoms with Crippen LogP contribution in [-0.4, -0.2) is 33.7 Å². The maximum atomic E-state index is 10.1. The molecule has 0 radical (unpaired) electrons. The highest BCUT2D eigenvalue weighted by atomic mass is 35.5. The highest BCUT2D eigenvalue weighted by Gasteiger charge is 2.64. The predicted molar refractivity (Wildman–Crippen MR) is 121 cm³/mol. The van der Waals surface area contributed by atoms with E-state index in [1.54, 1.807) is 6.07 Å². The molecule has 2 bridgehead atoms. The number of aliphatic hydroxyl groups excluding tert-OH is 1. The molecule has 1 aromatic heterocycles. The van der Waals surface area contributed by atoms with Gasteiger partial charge in [-0.3, -0.25) is 0 Å². The second-order valence-corrected chi connectivity index (χ2v) is 10.3. The van der Waals surface area contributed by atoms with Gasteiger partial charge < -0.3 is 15.7 Å². The number of nitrogens with zero attached hydrogens (tertiary/aromatic N) is 3. The fourth-order valence-corrected chi connectivity index (χ4v) is 6.40. The molecule has 2 aromatic rings. The van der Waals surface area contributed by atoms with Gasteiger partial charge >= 0.3 is 0 Å². The van der Waals surface area contributed by atoms with Gasteiger partial charge in [-0.25, -0.2) is 9.97 Å². The Labute approximate surface area is 187 Å². The lowest BCUT2D eigenvalue weighted by atomic mass is 9.64. The maximum absolute atomic E-state index is 10.1. The van der Waals surface area contributed by atoms with Crippen molar-refractivity contribution >= 4 is 29.0 Å². The Hall–Kier alpha value is -1.40. The van der Waals surface area contributed by atoms with Crippen LogP contribution in [0.3, 0.4) is 0 Å². The van der Waals surface area contributed by atoms with Crippen LogP contribution < -0.4 is 10.6 Å². The van der Waals surface area contributed by atoms with Crippen molar-refractivity contribution in [1.29, 1.82) is 0 Å². The van der Waals surface area contributed by atoms with Crippen molar-refractivity contribution in [3.05, 3.63) is 39.6 Å². The van der Waals surface area contributed by atoms with Crippen molar-refractivity contribution in [2.75, 3.05) is 18.0 Å². The SMILES string of the molecule is Cc1nc(N2CC3CCC(C2)C3(C)C2(N)CC2)c(CO)nc1-c1cccc(Cl)c1Cl. The third-order valence-electron chi connectivity index (χ3n) is 8.08. The number of piperidine rings is 1. The molecule has 2 unspecified atom stereocenters. The van der Waals surface area contributed by atoms with Gasteiger partial charge in [0.1, 0.15) is 5.69 Å². The van der Waals surface area contributed by atoms with Gasteiger partial charge in [0.05, 0.1) is 28.0 Å². The lowest BCUT2D eigenvalue weighted by Crippen LogP contribution is -2.57. The Kier molecular flexibility index (Phi) is 4.82. The summed E-state index contributed by atoms with van der Waals surface area (Å²) in [6, 6.07) is 5.48. The molecule has 2 heterocycles. The normalized spacial score (nSPS) is 29.3. The average Bonchev–Trinajstić information content (AvgIpc) is 3.46. The number of rotatable bonds is 4. The number of aryl methyl sites for hydroxylation is 1. The van der Waals surface area contributed by atoms with Crippen LogP contribution in [-0.2, 0) is 6.61 Å². The summed E-state index contributed by atoms with van der Waals surface area (Å²) in [5.41, 5.74) is 9.73. The lowest BCUT2D eigenvalue weighted by molar-refractivity contribution is 0.0827. The zero-order valence-corrected chi connectivity index (χ0v) is 19.0. The minimum Gasteiger partial charge on any atom is -0.390 e. The Bertz CT molecular complexity index is 993. The molecular formula is C23H28Cl2N4O. The summed E-state index contributed by atoms with van der Waals surface area (Å²) in [4.78, 5) is 12.0. The van der Waals surface area contributed by atoms with Gasteiger partial charge in [-0.15, -0.1) is 0 Å². The van der Waals surface area contributed by atoms with Crippen molar-refractivity contribution in [2.45, 2.75) is 51.7 Å². The molecule has 5 rings (SSSR count). The van der Waals surface area contributed by atoms with Crippen LogP contribution >= 0.6 is 23.2 Å². The first-order valence-corrected chi connectivity index (χ1v) is 11.5. The van der Waals surface area contributed by atoms with Gasteiger partial charge in [0.15, 0.2) is 5.82 Å². The average molecular weight is 447 g/mol. The minimum atomic E-state index is -0.169. The number of aromatic nitrogens is 2. The molecule has 7 heteroatoms. The van der Waals surface area contributed by atoms with Crippen LogP contribution in [0, 0.1) is 24.2 Å². The van der Waals surface area contributed by atoms with Gasteiger partial charge in [-0.2, -0.15) is 0 Å². The van der Waals surface area contributed by atoms with Crippen molar-refractivity contribution in [3.63, 3.8) is 0 Å². The fourth-order valence-electron chi connectivity index (χ4n) is 6.01. The minimum absolute atomic E-state index is 0.0134. The number of hydrogen-bond donors (Lipinski definition) is 2. The number of aliphatic hydroxyl groups is 1. The molecule has 1 aliphatic heterocycles. The second-order valence-electron chi connectivity index (χ2n) is 9.50. The van der Waals surface area contributed by atoms with Crippen LogP contribution in [0.15, 0.2) is 18.2 Å². The number of anilines is 1. The Morgan fingerprint density at radius 2 is 1.83 bits per heavy atom. The monoisotopic (exact) mass is 446 g/mol. The lowest BCUT2D eigenvalue weighted by Gasteiger charge is -2.50. The summed E-state index contributed by atoms with van der Waals surface area (Å²) in [5, 5.41) is 11.1. The van der Waals surface area contributed by atoms with E-state index < -0.39 is 0 Å². The third kappa shape index (κ3) is 2.89. The summed E-state index contributed by atoms with van der Waals surface area (Å²) in [6.07, 6.45) is 4.72. The number of halogens is 2. The van der Waals surface area contributed by atoms with Crippen molar-refractivity contribution in [1.82, 2.24) is 9.97 Å². The molecule has 160 valence electrons. The second kappa shape index (κ2) is 7.06. The van der Waals surface area contributed by atoms with E-state index in [4.69, 9.17) is 38.9 Å². The van der Waals surface area contributed by atoms with Crippen LogP contribution in [0.5, 0.6) is 0 Å². The number of benzene rings is 1. The zero-order valence-electron chi connectivity index (χ0n) is 17.5. The third-order valence-corrected chi connectivity index (χ3v) is 8.90. The predicted octanol–water partition coefficient (Wildman–Crippen LogP) is 4.59. The standard InChI is InChI=1S/C23H28Cl2N4O/c1-13-20(16-4-3-5-17(24)19(16)25)28-18(12-30)21(27-13)29-10-14-6-7-15(11-29)22(14,2)23(26)8-9-23/h3-5,14-15,30H,6-12,26H2,1-2H3. The molecule has 2 atom stereocenters. The Morgan fingerprint density at radius 1 is 1.17 bits per heavy atom. The smallest absolute Gasteiger partial charge is 0.153 e. The van der Waals surface area contributed by atoms with Crippen LogP contribution in [0.1, 0.15) is 44.0 Å². The summed E-state index contributed by atoms with van der Waals surface area (Å²) in [6.45, 7) is 6.02. The van der Waals surface area contributed by atoms with Crippen molar-refractivity contribution in [3.8, 4) is 11.3 Å². The van der Waals surface area contributed by atoms with E-state index in [0.29, 0.717) is 33.3 Å². The van der Waals surface area contributed by atoms with Gasteiger partial charge in [0.25, 0.3) is 0 Å². The Morgan fingerprint density at radius 3 is 2.43 bits per heavy atom. The molecule has 3 fully saturated rings. The van der Waals surface area contributed by atoms with Crippen LogP contribution in [0.2, 0.25) is 10.0 Å². The van der Waals surface area contributed by atoms with E-state index in [0.717, 1.165) is 43.0 Å². The topological polar surface area (TPSA) is 75.3 Å². The van der Waals surface area contributed by atoms with E-state index in [1.165, 1.54) is 12.8 Å². The van der Waals surface area contributed by atoms with Crippen molar-refractivity contribution in [2.24, 2.45) is 23.0 Å². The van der Waals surface area contributed by atoms with Gasteiger partial charge in [-0.1, -0.05) is 42.3 Å². The zero-order chi connectivity index (χ0) is 21.3.